The molecule has 2 aromatic rings. The molecule has 0 saturated carbocycles. The van der Waals surface area contributed by atoms with Gasteiger partial charge in [0.05, 0.1) is 14.2 Å². The van der Waals surface area contributed by atoms with Crippen molar-refractivity contribution in [2.75, 3.05) is 14.2 Å². The molecule has 25 heavy (non-hydrogen) atoms. The van der Waals surface area contributed by atoms with Gasteiger partial charge in [-0.25, -0.2) is 17.2 Å². The predicted octanol–water partition coefficient (Wildman–Crippen LogP) is 1.61. The van der Waals surface area contributed by atoms with E-state index >= 15 is 0 Å². The quantitative estimate of drug-likeness (QED) is 0.752. The van der Waals surface area contributed by atoms with Gasteiger partial charge in [-0.05, 0) is 30.3 Å². The Kier molecular flexibility index (Phi) is 5.55. The minimum absolute atomic E-state index is 0.0265. The van der Waals surface area contributed by atoms with Crippen LogP contribution in [-0.4, -0.2) is 28.5 Å². The summed E-state index contributed by atoms with van der Waals surface area (Å²) in [5.74, 6) is -2.33. The number of halogens is 2. The van der Waals surface area contributed by atoms with Crippen molar-refractivity contribution in [2.24, 2.45) is 0 Å². The van der Waals surface area contributed by atoms with Gasteiger partial charge in [-0.1, -0.05) is 0 Å². The normalized spacial score (nSPS) is 11.0. The summed E-state index contributed by atoms with van der Waals surface area (Å²) in [6, 6.07) is 6.14. The zero-order valence-electron chi connectivity index (χ0n) is 13.2. The number of methoxy groups -OCH3 is 2. The molecule has 0 bridgehead atoms. The Hall–Kier alpha value is -2.72. The Morgan fingerprint density at radius 2 is 1.60 bits per heavy atom. The molecule has 0 radical (unpaired) electrons. The van der Waals surface area contributed by atoms with E-state index in [1.807, 2.05) is 5.43 Å². The van der Waals surface area contributed by atoms with Crippen molar-refractivity contribution in [3.05, 3.63) is 53.6 Å². The Balaban J connectivity index is 2.20. The Morgan fingerprint density at radius 3 is 2.16 bits per heavy atom. The molecular formula is C15H14F2N2O5S. The molecule has 134 valence electrons. The lowest BCUT2D eigenvalue weighted by molar-refractivity contribution is 0.0944. The number of nitrogens with one attached hydrogen (secondary N) is 2. The molecule has 2 aromatic carbocycles. The van der Waals surface area contributed by atoms with Crippen molar-refractivity contribution < 1.29 is 31.5 Å². The number of hydrogen-bond acceptors (Lipinski definition) is 5. The number of amides is 1. The molecule has 0 saturated heterocycles. The molecule has 0 aromatic heterocycles. The lowest BCUT2D eigenvalue weighted by Gasteiger charge is -2.11. The summed E-state index contributed by atoms with van der Waals surface area (Å²) in [4.78, 5) is 12.9. The zero-order chi connectivity index (χ0) is 18.6. The van der Waals surface area contributed by atoms with Crippen molar-refractivity contribution in [3.63, 3.8) is 0 Å². The van der Waals surface area contributed by atoms with Crippen LogP contribution in [-0.2, 0) is 10.0 Å². The van der Waals surface area contributed by atoms with E-state index in [9.17, 15) is 22.0 Å². The standard InChI is InChI=1S/C15H14F2N2O5S/c1-23-11-5-9(6-12(8-11)24-2)15(20)18-19-25(21,22)14-7-10(16)3-4-13(14)17/h3-8,19H,1-2H3,(H,18,20). The monoisotopic (exact) mass is 372 g/mol. The van der Waals surface area contributed by atoms with Gasteiger partial charge in [-0.15, -0.1) is 4.83 Å². The summed E-state index contributed by atoms with van der Waals surface area (Å²) in [5.41, 5.74) is 1.94. The van der Waals surface area contributed by atoms with Gasteiger partial charge >= 0.3 is 0 Å². The van der Waals surface area contributed by atoms with Gasteiger partial charge in [-0.3, -0.25) is 10.2 Å². The number of sulfonamides is 1. The molecule has 0 aliphatic carbocycles. The Labute approximate surface area is 142 Å². The minimum Gasteiger partial charge on any atom is -0.497 e. The number of rotatable bonds is 6. The maximum absolute atomic E-state index is 13.6. The van der Waals surface area contributed by atoms with Crippen LogP contribution in [0.2, 0.25) is 0 Å². The molecule has 0 heterocycles. The Morgan fingerprint density at radius 1 is 1.00 bits per heavy atom. The topological polar surface area (TPSA) is 93.7 Å². The second kappa shape index (κ2) is 7.45. The van der Waals surface area contributed by atoms with E-state index in [4.69, 9.17) is 9.47 Å². The smallest absolute Gasteiger partial charge is 0.266 e. The van der Waals surface area contributed by atoms with Crippen LogP contribution in [0.4, 0.5) is 8.78 Å². The lowest BCUT2D eigenvalue weighted by Crippen LogP contribution is -2.41. The van der Waals surface area contributed by atoms with Crippen LogP contribution < -0.4 is 19.7 Å². The first-order chi connectivity index (χ1) is 11.8. The highest BCUT2D eigenvalue weighted by molar-refractivity contribution is 7.89. The summed E-state index contributed by atoms with van der Waals surface area (Å²) >= 11 is 0. The van der Waals surface area contributed by atoms with Crippen molar-refractivity contribution in [3.8, 4) is 11.5 Å². The van der Waals surface area contributed by atoms with Crippen LogP contribution in [0.5, 0.6) is 11.5 Å². The maximum atomic E-state index is 13.6. The first-order valence-electron chi connectivity index (χ1n) is 6.77. The van der Waals surface area contributed by atoms with Crippen molar-refractivity contribution in [2.45, 2.75) is 4.90 Å². The SMILES string of the molecule is COc1cc(OC)cc(C(=O)NNS(=O)(=O)c2cc(F)ccc2F)c1. The van der Waals surface area contributed by atoms with Crippen LogP contribution in [0, 0.1) is 11.6 Å². The predicted molar refractivity (Wildman–Crippen MR) is 83.7 cm³/mol. The van der Waals surface area contributed by atoms with E-state index in [1.54, 1.807) is 4.83 Å². The number of hydrazine groups is 1. The molecule has 0 aliphatic heterocycles. The summed E-state index contributed by atoms with van der Waals surface area (Å²) in [6.07, 6.45) is 0. The zero-order valence-corrected chi connectivity index (χ0v) is 14.0. The van der Waals surface area contributed by atoms with Crippen LogP contribution >= 0.6 is 0 Å². The third-order valence-electron chi connectivity index (χ3n) is 3.10. The van der Waals surface area contributed by atoms with Crippen LogP contribution in [0.25, 0.3) is 0 Å². The van der Waals surface area contributed by atoms with Gasteiger partial charge in [0.1, 0.15) is 28.0 Å². The number of hydrogen-bond donors (Lipinski definition) is 2. The van der Waals surface area contributed by atoms with Gasteiger partial charge < -0.3 is 9.47 Å². The van der Waals surface area contributed by atoms with Gasteiger partial charge in [0.2, 0.25) is 0 Å². The fourth-order valence-electron chi connectivity index (χ4n) is 1.86. The second-order valence-corrected chi connectivity index (χ2v) is 6.39. The van der Waals surface area contributed by atoms with E-state index in [0.29, 0.717) is 23.6 Å². The third kappa shape index (κ3) is 4.43. The summed E-state index contributed by atoms with van der Waals surface area (Å²) < 4.78 is 60.7. The molecule has 10 heteroatoms. The molecule has 1 amide bonds. The maximum Gasteiger partial charge on any atom is 0.266 e. The van der Waals surface area contributed by atoms with E-state index < -0.39 is 32.5 Å². The number of carbonyl (C=O) groups is 1. The van der Waals surface area contributed by atoms with Gasteiger partial charge in [-0.2, -0.15) is 0 Å². The van der Waals surface area contributed by atoms with Gasteiger partial charge in [0, 0.05) is 11.6 Å². The highest BCUT2D eigenvalue weighted by atomic mass is 32.2. The van der Waals surface area contributed by atoms with Crippen molar-refractivity contribution in [1.29, 1.82) is 0 Å². The number of ether oxygens (including phenoxy) is 2. The van der Waals surface area contributed by atoms with E-state index in [0.717, 1.165) is 6.07 Å². The van der Waals surface area contributed by atoms with E-state index in [-0.39, 0.29) is 5.56 Å². The highest BCUT2D eigenvalue weighted by Crippen LogP contribution is 2.22. The van der Waals surface area contributed by atoms with Gasteiger partial charge in [0.25, 0.3) is 15.9 Å². The number of benzene rings is 2. The number of carbonyl (C=O) groups excluding carboxylic acids is 1. The first-order valence-corrected chi connectivity index (χ1v) is 8.25. The minimum atomic E-state index is -4.51. The molecule has 0 atom stereocenters. The van der Waals surface area contributed by atoms with Crippen LogP contribution in [0.1, 0.15) is 10.4 Å². The molecule has 0 spiro atoms. The Bertz CT molecular complexity index is 881. The molecule has 2 N–H and O–H groups in total. The fourth-order valence-corrected chi connectivity index (χ4v) is 2.79. The van der Waals surface area contributed by atoms with E-state index in [1.165, 1.54) is 32.4 Å². The van der Waals surface area contributed by atoms with E-state index in [2.05, 4.69) is 0 Å². The largest absolute Gasteiger partial charge is 0.497 e. The highest BCUT2D eigenvalue weighted by Gasteiger charge is 2.21. The molecule has 0 aliphatic rings. The average molecular weight is 372 g/mol. The average Bonchev–Trinajstić information content (AvgIpc) is 2.61. The molecule has 0 unspecified atom stereocenters. The van der Waals surface area contributed by atoms with Crippen LogP contribution in [0.3, 0.4) is 0 Å². The summed E-state index contributed by atoms with van der Waals surface area (Å²) in [6.45, 7) is 0. The van der Waals surface area contributed by atoms with Gasteiger partial charge in [0.15, 0.2) is 0 Å². The fraction of sp³-hybridized carbons (Fsp3) is 0.133. The lowest BCUT2D eigenvalue weighted by atomic mass is 10.2. The molecule has 2 rings (SSSR count). The molecular weight excluding hydrogens is 358 g/mol. The summed E-state index contributed by atoms with van der Waals surface area (Å²) in [5, 5.41) is 0. The molecule has 7 nitrogen and oxygen atoms in total. The second-order valence-electron chi connectivity index (χ2n) is 4.74. The van der Waals surface area contributed by atoms with Crippen molar-refractivity contribution in [1.82, 2.24) is 10.3 Å². The summed E-state index contributed by atoms with van der Waals surface area (Å²) in [7, 11) is -1.75. The van der Waals surface area contributed by atoms with Crippen LogP contribution in [0.15, 0.2) is 41.3 Å². The van der Waals surface area contributed by atoms with Crippen molar-refractivity contribution >= 4 is 15.9 Å². The third-order valence-corrected chi connectivity index (χ3v) is 4.36. The first kappa shape index (κ1) is 18.6. The molecule has 0 fully saturated rings.